The molecule has 0 saturated carbocycles. The van der Waals surface area contributed by atoms with Crippen LogP contribution in [-0.2, 0) is 13.2 Å². The van der Waals surface area contributed by atoms with Gasteiger partial charge in [0.05, 0.1) is 5.56 Å². The Morgan fingerprint density at radius 2 is 2.00 bits per heavy atom. The Hall–Kier alpha value is -2.42. The van der Waals surface area contributed by atoms with E-state index in [2.05, 4.69) is 15.0 Å². The predicted octanol–water partition coefficient (Wildman–Crippen LogP) is 3.97. The molecule has 0 radical (unpaired) electrons. The molecule has 3 aromatic heterocycles. The van der Waals surface area contributed by atoms with Crippen LogP contribution in [0.3, 0.4) is 0 Å². The second kappa shape index (κ2) is 6.47. The van der Waals surface area contributed by atoms with Crippen molar-refractivity contribution in [1.29, 1.82) is 0 Å². The van der Waals surface area contributed by atoms with Gasteiger partial charge in [0, 0.05) is 29.9 Å². The molecule has 0 fully saturated rings. The molecule has 0 bridgehead atoms. The number of hydrogen-bond donors (Lipinski definition) is 0. The van der Waals surface area contributed by atoms with Crippen molar-refractivity contribution in [3.63, 3.8) is 0 Å². The normalized spacial score (nSPS) is 11.9. The first kappa shape index (κ1) is 17.4. The number of imidazole rings is 1. The van der Waals surface area contributed by atoms with Crippen molar-refractivity contribution in [3.8, 4) is 11.5 Å². The summed E-state index contributed by atoms with van der Waals surface area (Å²) in [4.78, 5) is 24.2. The van der Waals surface area contributed by atoms with Gasteiger partial charge in [0.1, 0.15) is 11.2 Å². The van der Waals surface area contributed by atoms with Crippen molar-refractivity contribution in [2.45, 2.75) is 18.0 Å². The summed E-state index contributed by atoms with van der Waals surface area (Å²) in [5.41, 5.74) is 0.553. The summed E-state index contributed by atoms with van der Waals surface area (Å²) in [5.74, 6) is 1.15. The Labute approximate surface area is 145 Å². The highest BCUT2D eigenvalue weighted by Crippen LogP contribution is 2.33. The summed E-state index contributed by atoms with van der Waals surface area (Å²) < 4.78 is 40.2. The minimum atomic E-state index is -4.48. The highest BCUT2D eigenvalue weighted by Gasteiger charge is 2.32. The van der Waals surface area contributed by atoms with Crippen LogP contribution < -0.4 is 0 Å². The third-order valence-electron chi connectivity index (χ3n) is 3.56. The molecule has 130 valence electrons. The SMILES string of the molecule is CCSc1cc(C=O)cnc1-c1nc2cc(C(F)(F)F)cnc2n1C. The van der Waals surface area contributed by atoms with E-state index < -0.39 is 11.7 Å². The number of aldehydes is 1. The number of nitrogens with zero attached hydrogens (tertiary/aromatic N) is 4. The topological polar surface area (TPSA) is 60.7 Å². The van der Waals surface area contributed by atoms with Crippen LogP contribution in [-0.4, -0.2) is 31.6 Å². The Balaban J connectivity index is 2.19. The second-order valence-corrected chi connectivity index (χ2v) is 6.53. The molecule has 9 heteroatoms. The lowest BCUT2D eigenvalue weighted by Crippen LogP contribution is -2.05. The Bertz CT molecular complexity index is 952. The number of pyridine rings is 2. The lowest BCUT2D eigenvalue weighted by molar-refractivity contribution is -0.137. The maximum atomic E-state index is 12.9. The molecule has 0 atom stereocenters. The van der Waals surface area contributed by atoms with Gasteiger partial charge in [-0.3, -0.25) is 9.78 Å². The fourth-order valence-corrected chi connectivity index (χ4v) is 3.21. The number of alkyl halides is 3. The summed E-state index contributed by atoms with van der Waals surface area (Å²) in [6.07, 6.45) is -1.58. The van der Waals surface area contributed by atoms with Gasteiger partial charge in [-0.05, 0) is 17.9 Å². The van der Waals surface area contributed by atoms with Crippen molar-refractivity contribution in [3.05, 3.63) is 35.7 Å². The highest BCUT2D eigenvalue weighted by atomic mass is 32.2. The fourth-order valence-electron chi connectivity index (χ4n) is 2.40. The molecule has 0 aromatic carbocycles. The average Bonchev–Trinajstić information content (AvgIpc) is 2.90. The van der Waals surface area contributed by atoms with Crippen molar-refractivity contribution in [2.75, 3.05) is 5.75 Å². The number of rotatable bonds is 4. The Morgan fingerprint density at radius 3 is 2.64 bits per heavy atom. The molecule has 0 spiro atoms. The molecule has 25 heavy (non-hydrogen) atoms. The van der Waals surface area contributed by atoms with Gasteiger partial charge in [-0.25, -0.2) is 9.97 Å². The highest BCUT2D eigenvalue weighted by molar-refractivity contribution is 7.99. The fraction of sp³-hybridized carbons (Fsp3) is 0.250. The van der Waals surface area contributed by atoms with E-state index >= 15 is 0 Å². The zero-order chi connectivity index (χ0) is 18.2. The van der Waals surface area contributed by atoms with E-state index in [-0.39, 0.29) is 5.52 Å². The minimum Gasteiger partial charge on any atom is -0.310 e. The van der Waals surface area contributed by atoms with Crippen LogP contribution in [0.15, 0.2) is 29.4 Å². The van der Waals surface area contributed by atoms with Gasteiger partial charge in [-0.1, -0.05) is 6.92 Å². The molecule has 5 nitrogen and oxygen atoms in total. The number of aromatic nitrogens is 4. The van der Waals surface area contributed by atoms with Crippen molar-refractivity contribution in [2.24, 2.45) is 7.05 Å². The summed E-state index contributed by atoms with van der Waals surface area (Å²) >= 11 is 1.48. The number of carbonyl (C=O) groups excluding carboxylic acids is 1. The molecule has 0 amide bonds. The zero-order valence-corrected chi connectivity index (χ0v) is 14.1. The molecule has 0 aliphatic rings. The molecule has 0 aliphatic carbocycles. The van der Waals surface area contributed by atoms with Crippen molar-refractivity contribution < 1.29 is 18.0 Å². The van der Waals surface area contributed by atoms with Crippen LogP contribution in [0.2, 0.25) is 0 Å². The zero-order valence-electron chi connectivity index (χ0n) is 13.3. The quantitative estimate of drug-likeness (QED) is 0.516. The van der Waals surface area contributed by atoms with Crippen LogP contribution >= 0.6 is 11.8 Å². The van der Waals surface area contributed by atoms with Gasteiger partial charge < -0.3 is 4.57 Å². The van der Waals surface area contributed by atoms with Crippen LogP contribution in [0.5, 0.6) is 0 Å². The Morgan fingerprint density at radius 1 is 1.24 bits per heavy atom. The van der Waals surface area contributed by atoms with Gasteiger partial charge in [-0.2, -0.15) is 13.2 Å². The molecular formula is C16H13F3N4OS. The third kappa shape index (κ3) is 3.23. The Kier molecular flexibility index (Phi) is 4.51. The van der Waals surface area contributed by atoms with Gasteiger partial charge in [0.25, 0.3) is 0 Å². The minimum absolute atomic E-state index is 0.140. The van der Waals surface area contributed by atoms with E-state index in [1.807, 2.05) is 6.92 Å². The smallest absolute Gasteiger partial charge is 0.310 e. The predicted molar refractivity (Wildman–Crippen MR) is 88.5 cm³/mol. The standard InChI is InChI=1S/C16H13F3N4OS/c1-3-25-12-4-9(8-24)6-20-13(12)15-22-11-5-10(16(17,18)19)7-21-14(11)23(15)2/h4-8H,3H2,1-2H3. The van der Waals surface area contributed by atoms with E-state index in [9.17, 15) is 18.0 Å². The van der Waals surface area contributed by atoms with E-state index in [4.69, 9.17) is 0 Å². The van der Waals surface area contributed by atoms with E-state index in [0.29, 0.717) is 29.0 Å². The molecule has 3 rings (SSSR count). The molecule has 0 saturated heterocycles. The van der Waals surface area contributed by atoms with Gasteiger partial charge in [0.15, 0.2) is 17.8 Å². The number of hydrogen-bond acceptors (Lipinski definition) is 5. The molecule has 0 N–H and O–H groups in total. The first-order valence-electron chi connectivity index (χ1n) is 7.33. The van der Waals surface area contributed by atoms with E-state index in [0.717, 1.165) is 22.9 Å². The van der Waals surface area contributed by atoms with Crippen LogP contribution in [0, 0.1) is 0 Å². The van der Waals surface area contributed by atoms with Crippen molar-refractivity contribution in [1.82, 2.24) is 19.5 Å². The van der Waals surface area contributed by atoms with Crippen LogP contribution in [0.1, 0.15) is 22.8 Å². The van der Waals surface area contributed by atoms with Crippen LogP contribution in [0.4, 0.5) is 13.2 Å². The molecule has 0 aliphatic heterocycles. The molecular weight excluding hydrogens is 353 g/mol. The second-order valence-electron chi connectivity index (χ2n) is 5.23. The number of fused-ring (bicyclic) bond motifs is 1. The molecule has 0 unspecified atom stereocenters. The van der Waals surface area contributed by atoms with Gasteiger partial charge >= 0.3 is 6.18 Å². The monoisotopic (exact) mass is 366 g/mol. The summed E-state index contributed by atoms with van der Waals surface area (Å²) in [7, 11) is 1.67. The first-order chi connectivity index (χ1) is 11.8. The number of thioether (sulfide) groups is 1. The lowest BCUT2D eigenvalue weighted by Gasteiger charge is -2.08. The largest absolute Gasteiger partial charge is 0.417 e. The summed E-state index contributed by atoms with van der Waals surface area (Å²) in [6, 6.07) is 2.66. The lowest BCUT2D eigenvalue weighted by atomic mass is 10.2. The number of carbonyl (C=O) groups is 1. The number of aryl methyl sites for hydroxylation is 1. The maximum absolute atomic E-state index is 12.9. The average molecular weight is 366 g/mol. The van der Waals surface area contributed by atoms with Crippen LogP contribution in [0.25, 0.3) is 22.7 Å². The van der Waals surface area contributed by atoms with Crippen molar-refractivity contribution >= 4 is 29.2 Å². The molecule has 3 aromatic rings. The summed E-state index contributed by atoms with van der Waals surface area (Å²) in [6.45, 7) is 1.95. The first-order valence-corrected chi connectivity index (χ1v) is 8.31. The molecule has 3 heterocycles. The van der Waals surface area contributed by atoms with Gasteiger partial charge in [0.2, 0.25) is 0 Å². The van der Waals surface area contributed by atoms with Gasteiger partial charge in [-0.15, -0.1) is 11.8 Å². The summed E-state index contributed by atoms with van der Waals surface area (Å²) in [5, 5.41) is 0. The third-order valence-corrected chi connectivity index (χ3v) is 4.47. The number of halogens is 3. The maximum Gasteiger partial charge on any atom is 0.417 e. The van der Waals surface area contributed by atoms with E-state index in [1.54, 1.807) is 17.7 Å². The van der Waals surface area contributed by atoms with E-state index in [1.165, 1.54) is 18.0 Å².